The zero-order valence-corrected chi connectivity index (χ0v) is 16.8. The Hall–Kier alpha value is -3.15. The Morgan fingerprint density at radius 2 is 1.83 bits per heavy atom. The minimum absolute atomic E-state index is 0.198. The third-order valence-corrected chi connectivity index (χ3v) is 5.98. The second-order valence-electron chi connectivity index (χ2n) is 7.58. The maximum Gasteiger partial charge on any atom is 0.339 e. The molecule has 2 aromatic carbocycles. The minimum atomic E-state index is -0.198. The zero-order chi connectivity index (χ0) is 20.1. The first-order chi connectivity index (χ1) is 14.1. The molecule has 29 heavy (non-hydrogen) atoms. The number of hydrogen-bond acceptors (Lipinski definition) is 6. The van der Waals surface area contributed by atoms with E-state index < -0.39 is 0 Å². The second kappa shape index (κ2) is 6.72. The lowest BCUT2D eigenvalue weighted by atomic mass is 9.99. The largest absolute Gasteiger partial charge is 0.493 e. The number of methoxy groups -OCH3 is 2. The number of benzene rings is 2. The Labute approximate surface area is 168 Å². The fourth-order valence-corrected chi connectivity index (χ4v) is 4.53. The van der Waals surface area contributed by atoms with Crippen LogP contribution in [0.15, 0.2) is 33.5 Å². The van der Waals surface area contributed by atoms with E-state index in [0.29, 0.717) is 30.4 Å². The topological polar surface area (TPSA) is 61.1 Å². The molecule has 0 N–H and O–H groups in total. The number of fused-ring (bicyclic) bond motifs is 4. The Kier molecular flexibility index (Phi) is 4.15. The molecule has 0 amide bonds. The normalized spacial score (nSPS) is 15.1. The van der Waals surface area contributed by atoms with Gasteiger partial charge in [0.1, 0.15) is 11.3 Å². The summed E-state index contributed by atoms with van der Waals surface area (Å²) in [4.78, 5) is 14.5. The summed E-state index contributed by atoms with van der Waals surface area (Å²) in [5.41, 5.74) is 5.44. The first-order valence-electron chi connectivity index (χ1n) is 9.81. The molecular formula is C23H23NO5. The molecule has 0 bridgehead atoms. The van der Waals surface area contributed by atoms with Crippen LogP contribution in [0, 0.1) is 6.92 Å². The number of aryl methyl sites for hydroxylation is 2. The Bertz CT molecular complexity index is 1180. The summed E-state index contributed by atoms with van der Waals surface area (Å²) in [5, 5.41) is 1.05. The van der Waals surface area contributed by atoms with Crippen LogP contribution in [0.4, 0.5) is 5.69 Å². The molecule has 3 aromatic rings. The fourth-order valence-electron chi connectivity index (χ4n) is 4.53. The molecule has 6 heteroatoms. The SMILES string of the molecule is COc1ccc(N2COc3c(cc4c5c(c(=O)oc4c3C)CCC5)C2)cc1OC. The van der Waals surface area contributed by atoms with Crippen molar-refractivity contribution in [2.75, 3.05) is 25.9 Å². The lowest BCUT2D eigenvalue weighted by Gasteiger charge is -2.32. The molecule has 2 aliphatic rings. The lowest BCUT2D eigenvalue weighted by molar-refractivity contribution is 0.287. The predicted molar refractivity (Wildman–Crippen MR) is 110 cm³/mol. The molecule has 6 nitrogen and oxygen atoms in total. The van der Waals surface area contributed by atoms with E-state index in [1.807, 2.05) is 25.1 Å². The van der Waals surface area contributed by atoms with Crippen molar-refractivity contribution in [3.63, 3.8) is 0 Å². The highest BCUT2D eigenvalue weighted by atomic mass is 16.5. The highest BCUT2D eigenvalue weighted by Gasteiger charge is 2.26. The van der Waals surface area contributed by atoms with Crippen LogP contribution in [0.5, 0.6) is 17.2 Å². The molecule has 0 saturated heterocycles. The zero-order valence-electron chi connectivity index (χ0n) is 16.8. The van der Waals surface area contributed by atoms with Crippen molar-refractivity contribution >= 4 is 16.7 Å². The van der Waals surface area contributed by atoms with Gasteiger partial charge in [-0.05, 0) is 49.9 Å². The Morgan fingerprint density at radius 3 is 2.62 bits per heavy atom. The van der Waals surface area contributed by atoms with E-state index in [1.165, 1.54) is 0 Å². The summed E-state index contributed by atoms with van der Waals surface area (Å²) < 4.78 is 22.6. The standard InChI is InChI=1S/C23H23NO5/c1-13-21-14(9-18-16-5-4-6-17(16)23(25)29-22(13)18)11-24(12-28-21)15-7-8-19(26-2)20(10-15)27-3/h7-10H,4-6,11-12H2,1-3H3. The number of nitrogens with zero attached hydrogens (tertiary/aromatic N) is 1. The molecule has 0 radical (unpaired) electrons. The Balaban J connectivity index is 1.59. The van der Waals surface area contributed by atoms with Gasteiger partial charge in [0.05, 0.1) is 14.2 Å². The number of ether oxygens (including phenoxy) is 3. The number of rotatable bonds is 3. The van der Waals surface area contributed by atoms with Gasteiger partial charge >= 0.3 is 5.63 Å². The molecule has 0 fully saturated rings. The first-order valence-corrected chi connectivity index (χ1v) is 9.81. The molecule has 0 unspecified atom stereocenters. The summed E-state index contributed by atoms with van der Waals surface area (Å²) in [5.74, 6) is 2.20. The highest BCUT2D eigenvalue weighted by molar-refractivity contribution is 5.88. The van der Waals surface area contributed by atoms with E-state index in [1.54, 1.807) is 14.2 Å². The van der Waals surface area contributed by atoms with Crippen LogP contribution in [0.2, 0.25) is 0 Å². The van der Waals surface area contributed by atoms with Crippen molar-refractivity contribution in [2.45, 2.75) is 32.7 Å². The van der Waals surface area contributed by atoms with E-state index in [-0.39, 0.29) is 5.63 Å². The van der Waals surface area contributed by atoms with Crippen molar-refractivity contribution in [1.82, 2.24) is 0 Å². The van der Waals surface area contributed by atoms with Crippen molar-refractivity contribution < 1.29 is 18.6 Å². The van der Waals surface area contributed by atoms with Crippen molar-refractivity contribution in [1.29, 1.82) is 0 Å². The predicted octanol–water partition coefficient (Wildman–Crippen LogP) is 3.96. The first kappa shape index (κ1) is 17.9. The molecule has 5 rings (SSSR count). The van der Waals surface area contributed by atoms with Crippen LogP contribution in [0.25, 0.3) is 11.0 Å². The van der Waals surface area contributed by atoms with Crippen LogP contribution in [0.1, 0.15) is 28.7 Å². The average Bonchev–Trinajstić information content (AvgIpc) is 3.25. The average molecular weight is 393 g/mol. The summed E-state index contributed by atoms with van der Waals surface area (Å²) >= 11 is 0. The van der Waals surface area contributed by atoms with Crippen molar-refractivity contribution in [3.8, 4) is 17.2 Å². The fraction of sp³-hybridized carbons (Fsp3) is 0.348. The van der Waals surface area contributed by atoms with Gasteiger partial charge in [-0.25, -0.2) is 4.79 Å². The lowest BCUT2D eigenvalue weighted by Crippen LogP contribution is -2.32. The molecule has 0 saturated carbocycles. The minimum Gasteiger partial charge on any atom is -0.493 e. The quantitative estimate of drug-likeness (QED) is 0.628. The molecule has 150 valence electrons. The monoisotopic (exact) mass is 393 g/mol. The molecule has 0 spiro atoms. The van der Waals surface area contributed by atoms with E-state index in [9.17, 15) is 4.79 Å². The molecular weight excluding hydrogens is 370 g/mol. The van der Waals surface area contributed by atoms with E-state index in [0.717, 1.165) is 58.3 Å². The van der Waals surface area contributed by atoms with Gasteiger partial charge in [-0.2, -0.15) is 0 Å². The van der Waals surface area contributed by atoms with Crippen LogP contribution in [-0.4, -0.2) is 21.0 Å². The van der Waals surface area contributed by atoms with Gasteiger partial charge in [-0.1, -0.05) is 0 Å². The van der Waals surface area contributed by atoms with Crippen LogP contribution in [-0.2, 0) is 19.4 Å². The van der Waals surface area contributed by atoms with Gasteiger partial charge in [-0.15, -0.1) is 0 Å². The molecule has 1 aliphatic heterocycles. The summed E-state index contributed by atoms with van der Waals surface area (Å²) in [6.45, 7) is 3.08. The molecule has 2 heterocycles. The summed E-state index contributed by atoms with van der Waals surface area (Å²) in [6, 6.07) is 7.99. The second-order valence-corrected chi connectivity index (χ2v) is 7.58. The highest BCUT2D eigenvalue weighted by Crippen LogP contribution is 2.40. The van der Waals surface area contributed by atoms with Gasteiger partial charge in [0.2, 0.25) is 0 Å². The third kappa shape index (κ3) is 2.74. The molecule has 1 aliphatic carbocycles. The Morgan fingerprint density at radius 1 is 1.03 bits per heavy atom. The maximum atomic E-state index is 12.4. The van der Waals surface area contributed by atoms with E-state index in [4.69, 9.17) is 18.6 Å². The van der Waals surface area contributed by atoms with E-state index >= 15 is 0 Å². The van der Waals surface area contributed by atoms with Gasteiger partial charge in [-0.3, -0.25) is 0 Å². The summed E-state index contributed by atoms with van der Waals surface area (Å²) in [7, 11) is 3.26. The number of anilines is 1. The van der Waals surface area contributed by atoms with Crippen LogP contribution in [0.3, 0.4) is 0 Å². The van der Waals surface area contributed by atoms with Gasteiger partial charge in [0, 0.05) is 40.4 Å². The smallest absolute Gasteiger partial charge is 0.339 e. The van der Waals surface area contributed by atoms with Gasteiger partial charge in [0.25, 0.3) is 0 Å². The van der Waals surface area contributed by atoms with Gasteiger partial charge < -0.3 is 23.5 Å². The van der Waals surface area contributed by atoms with E-state index in [2.05, 4.69) is 11.0 Å². The van der Waals surface area contributed by atoms with Crippen LogP contribution < -0.4 is 24.7 Å². The van der Waals surface area contributed by atoms with Gasteiger partial charge in [0.15, 0.2) is 18.2 Å². The van der Waals surface area contributed by atoms with Crippen LogP contribution >= 0.6 is 0 Å². The van der Waals surface area contributed by atoms with Crippen molar-refractivity contribution in [3.05, 3.63) is 56.9 Å². The maximum absolute atomic E-state index is 12.4. The molecule has 1 aromatic heterocycles. The van der Waals surface area contributed by atoms with Crippen molar-refractivity contribution in [2.24, 2.45) is 0 Å². The third-order valence-electron chi connectivity index (χ3n) is 5.98. The molecule has 0 atom stereocenters. The summed E-state index contributed by atoms with van der Waals surface area (Å²) in [6.07, 6.45) is 2.73. The number of hydrogen-bond donors (Lipinski definition) is 0.